The molecule has 9 heteroatoms. The van der Waals surface area contributed by atoms with E-state index >= 15 is 0 Å². The van der Waals surface area contributed by atoms with E-state index in [1.54, 1.807) is 6.07 Å². The summed E-state index contributed by atoms with van der Waals surface area (Å²) >= 11 is 1.53. The Kier molecular flexibility index (Phi) is 5.22. The minimum atomic E-state index is -0.635. The third kappa shape index (κ3) is 4.09. The Hall–Kier alpha value is -3.33. The number of nitro benzene ring substituents is 1. The summed E-state index contributed by atoms with van der Waals surface area (Å²) in [6.45, 7) is -0.161. The van der Waals surface area contributed by atoms with E-state index in [1.807, 2.05) is 0 Å². The third-order valence-corrected chi connectivity index (χ3v) is 5.90. The molecular formula is C20H17N3O5S. The molecule has 4 rings (SSSR count). The Morgan fingerprint density at radius 1 is 1.34 bits per heavy atom. The number of fused-ring (bicyclic) bond motifs is 3. The van der Waals surface area contributed by atoms with Crippen molar-refractivity contribution in [2.45, 2.75) is 32.3 Å². The summed E-state index contributed by atoms with van der Waals surface area (Å²) < 4.78 is 5.15. The van der Waals surface area contributed by atoms with Gasteiger partial charge in [0.15, 0.2) is 0 Å². The van der Waals surface area contributed by atoms with Crippen molar-refractivity contribution in [3.05, 3.63) is 72.6 Å². The number of non-ortho nitro benzene ring substituents is 1. The molecule has 2 aromatic heterocycles. The number of esters is 1. The number of ether oxygens (including phenoxy) is 1. The van der Waals surface area contributed by atoms with Crippen molar-refractivity contribution < 1.29 is 14.5 Å². The van der Waals surface area contributed by atoms with Crippen LogP contribution in [0.5, 0.6) is 0 Å². The predicted octanol–water partition coefficient (Wildman–Crippen LogP) is 3.53. The van der Waals surface area contributed by atoms with Gasteiger partial charge in [0, 0.05) is 23.1 Å². The number of nitrogens with zero attached hydrogens (tertiary/aromatic N) is 2. The van der Waals surface area contributed by atoms with Crippen molar-refractivity contribution in [3.63, 3.8) is 0 Å². The summed E-state index contributed by atoms with van der Waals surface area (Å²) in [5.74, 6) is -0.345. The van der Waals surface area contributed by atoms with Crippen LogP contribution in [0.3, 0.4) is 0 Å². The lowest BCUT2D eigenvalue weighted by Gasteiger charge is -2.09. The third-order valence-electron chi connectivity index (χ3n) is 4.72. The quantitative estimate of drug-likeness (QED) is 0.297. The van der Waals surface area contributed by atoms with Gasteiger partial charge >= 0.3 is 5.97 Å². The van der Waals surface area contributed by atoms with E-state index < -0.39 is 10.9 Å². The highest BCUT2D eigenvalue weighted by molar-refractivity contribution is 7.18. The average molecular weight is 411 g/mol. The molecule has 1 aliphatic rings. The summed E-state index contributed by atoms with van der Waals surface area (Å²) in [5.41, 5.74) is 1.35. The van der Waals surface area contributed by atoms with Crippen LogP contribution in [0.15, 0.2) is 35.1 Å². The first-order valence-corrected chi connectivity index (χ1v) is 9.95. The maximum atomic E-state index is 12.5. The number of aromatic nitrogens is 2. The predicted molar refractivity (Wildman–Crippen MR) is 109 cm³/mol. The number of aryl methyl sites for hydroxylation is 2. The smallest absolute Gasteiger partial charge is 0.331 e. The molecule has 0 spiro atoms. The van der Waals surface area contributed by atoms with Crippen molar-refractivity contribution in [2.75, 3.05) is 0 Å². The number of hydrogen-bond acceptors (Lipinski definition) is 7. The zero-order chi connectivity index (χ0) is 20.4. The van der Waals surface area contributed by atoms with Crippen molar-refractivity contribution in [2.24, 2.45) is 0 Å². The second-order valence-electron chi connectivity index (χ2n) is 6.70. The van der Waals surface area contributed by atoms with E-state index in [0.29, 0.717) is 15.8 Å². The second kappa shape index (κ2) is 7.96. The number of benzene rings is 1. The zero-order valence-corrected chi connectivity index (χ0v) is 16.2. The lowest BCUT2D eigenvalue weighted by Crippen LogP contribution is -2.14. The minimum Gasteiger partial charge on any atom is -0.454 e. The maximum Gasteiger partial charge on any atom is 0.331 e. The number of hydrogen-bond donors (Lipinski definition) is 1. The second-order valence-corrected chi connectivity index (χ2v) is 7.78. The fourth-order valence-corrected chi connectivity index (χ4v) is 4.65. The molecule has 0 atom stereocenters. The number of rotatable bonds is 5. The first-order chi connectivity index (χ1) is 14.0. The van der Waals surface area contributed by atoms with Crippen LogP contribution >= 0.6 is 11.3 Å². The number of thiophene rings is 1. The van der Waals surface area contributed by atoms with Crippen molar-refractivity contribution in [1.29, 1.82) is 0 Å². The van der Waals surface area contributed by atoms with Gasteiger partial charge < -0.3 is 9.72 Å². The molecule has 0 aliphatic heterocycles. The number of aromatic amines is 1. The summed E-state index contributed by atoms with van der Waals surface area (Å²) in [5, 5.41) is 11.4. The Morgan fingerprint density at radius 2 is 2.17 bits per heavy atom. The Bertz CT molecular complexity index is 1190. The van der Waals surface area contributed by atoms with Crippen LogP contribution in [0, 0.1) is 10.1 Å². The Labute approximate surface area is 169 Å². The number of carbonyl (C=O) groups excluding carboxylic acids is 1. The molecule has 8 nitrogen and oxygen atoms in total. The topological polar surface area (TPSA) is 115 Å². The lowest BCUT2D eigenvalue weighted by molar-refractivity contribution is -0.384. The Balaban J connectivity index is 1.45. The standard InChI is InChI=1S/C20H17N3O5S/c24-17(9-8-12-4-3-5-13(10-12)23(26)27)28-11-16-21-19(25)18-14-6-1-2-7-15(14)29-20(18)22-16/h3-5,8-10H,1-2,6-7,11H2,(H,21,22,25). The van der Waals surface area contributed by atoms with Crippen LogP contribution < -0.4 is 5.56 Å². The van der Waals surface area contributed by atoms with Crippen LogP contribution in [0.1, 0.15) is 34.7 Å². The maximum absolute atomic E-state index is 12.5. The summed E-state index contributed by atoms with van der Waals surface area (Å²) in [7, 11) is 0. The molecule has 1 aromatic carbocycles. The zero-order valence-electron chi connectivity index (χ0n) is 15.3. The fraction of sp³-hybridized carbons (Fsp3) is 0.250. The van der Waals surface area contributed by atoms with Gasteiger partial charge in [0.05, 0.1) is 10.3 Å². The molecule has 1 N–H and O–H groups in total. The first-order valence-electron chi connectivity index (χ1n) is 9.14. The molecule has 0 radical (unpaired) electrons. The SMILES string of the molecule is O=C(C=Cc1cccc([N+](=O)[O-])c1)OCc1nc2sc3c(c2c(=O)[nH]1)CCCC3. The molecule has 0 amide bonds. The van der Waals surface area contributed by atoms with Crippen molar-refractivity contribution >= 4 is 39.3 Å². The number of nitrogens with one attached hydrogen (secondary N) is 1. The van der Waals surface area contributed by atoms with Gasteiger partial charge in [-0.25, -0.2) is 9.78 Å². The molecule has 0 unspecified atom stereocenters. The van der Waals surface area contributed by atoms with Gasteiger partial charge in [-0.1, -0.05) is 12.1 Å². The van der Waals surface area contributed by atoms with E-state index in [0.717, 1.165) is 31.2 Å². The minimum absolute atomic E-state index is 0.0609. The van der Waals surface area contributed by atoms with Crippen molar-refractivity contribution in [3.8, 4) is 0 Å². The van der Waals surface area contributed by atoms with Crippen LogP contribution in [0.25, 0.3) is 16.3 Å². The van der Waals surface area contributed by atoms with Gasteiger partial charge in [0.2, 0.25) is 0 Å². The highest BCUT2D eigenvalue weighted by Gasteiger charge is 2.19. The van der Waals surface area contributed by atoms with Crippen LogP contribution in [0.4, 0.5) is 5.69 Å². The largest absolute Gasteiger partial charge is 0.454 e. The molecular weight excluding hydrogens is 394 g/mol. The molecule has 0 bridgehead atoms. The first kappa shape index (κ1) is 19.0. The summed E-state index contributed by atoms with van der Waals surface area (Å²) in [6, 6.07) is 5.90. The molecule has 148 valence electrons. The molecule has 0 saturated heterocycles. The van der Waals surface area contributed by atoms with E-state index in [9.17, 15) is 19.7 Å². The highest BCUT2D eigenvalue weighted by atomic mass is 32.1. The number of nitro groups is 1. The van der Waals surface area contributed by atoms with Gasteiger partial charge in [0.25, 0.3) is 11.2 Å². The number of H-pyrrole nitrogens is 1. The number of carbonyl (C=O) groups is 1. The van der Waals surface area contributed by atoms with E-state index in [-0.39, 0.29) is 23.7 Å². The molecule has 29 heavy (non-hydrogen) atoms. The average Bonchev–Trinajstić information content (AvgIpc) is 3.09. The van der Waals surface area contributed by atoms with Crippen LogP contribution in [-0.2, 0) is 29.0 Å². The van der Waals surface area contributed by atoms with Crippen molar-refractivity contribution in [1.82, 2.24) is 9.97 Å². The fourth-order valence-electron chi connectivity index (χ4n) is 3.37. The van der Waals surface area contributed by atoms with Crippen LogP contribution in [0.2, 0.25) is 0 Å². The normalized spacial score (nSPS) is 13.5. The van der Waals surface area contributed by atoms with Crippen LogP contribution in [-0.4, -0.2) is 20.9 Å². The molecule has 2 heterocycles. The Morgan fingerprint density at radius 3 is 3.00 bits per heavy atom. The van der Waals surface area contributed by atoms with Gasteiger partial charge in [-0.05, 0) is 42.9 Å². The summed E-state index contributed by atoms with van der Waals surface area (Å²) in [4.78, 5) is 43.8. The van der Waals surface area contributed by atoms with E-state index in [2.05, 4.69) is 9.97 Å². The molecule has 0 saturated carbocycles. The van der Waals surface area contributed by atoms with Gasteiger partial charge in [-0.2, -0.15) is 0 Å². The molecule has 0 fully saturated rings. The molecule has 3 aromatic rings. The lowest BCUT2D eigenvalue weighted by atomic mass is 9.97. The highest BCUT2D eigenvalue weighted by Crippen LogP contribution is 2.33. The van der Waals surface area contributed by atoms with Gasteiger partial charge in [0.1, 0.15) is 17.3 Å². The van der Waals surface area contributed by atoms with Gasteiger partial charge in [-0.3, -0.25) is 14.9 Å². The monoisotopic (exact) mass is 411 g/mol. The summed E-state index contributed by atoms with van der Waals surface area (Å²) in [6.07, 6.45) is 6.69. The van der Waals surface area contributed by atoms with Gasteiger partial charge in [-0.15, -0.1) is 11.3 Å². The molecule has 1 aliphatic carbocycles. The van der Waals surface area contributed by atoms with E-state index in [4.69, 9.17) is 4.74 Å². The van der Waals surface area contributed by atoms with E-state index in [1.165, 1.54) is 46.6 Å².